The minimum atomic E-state index is -1.77. The number of furan rings is 1. The third-order valence-corrected chi connectivity index (χ3v) is 9.84. The van der Waals surface area contributed by atoms with Crippen LogP contribution in [0.5, 0.6) is 0 Å². The summed E-state index contributed by atoms with van der Waals surface area (Å²) in [7, 11) is -1.77. The zero-order valence-corrected chi connectivity index (χ0v) is 23.3. The summed E-state index contributed by atoms with van der Waals surface area (Å²) in [6.45, 7) is 1.43. The van der Waals surface area contributed by atoms with Gasteiger partial charge < -0.3 is 19.6 Å². The molecule has 3 N–H and O–H groups in total. The van der Waals surface area contributed by atoms with E-state index in [1.807, 2.05) is 6.08 Å². The fraction of sp³-hybridized carbons (Fsp3) is 0.312. The van der Waals surface area contributed by atoms with E-state index in [2.05, 4.69) is 0 Å². The number of carbonyl (C=O) groups is 4. The van der Waals surface area contributed by atoms with E-state index in [4.69, 9.17) is 4.42 Å². The predicted molar refractivity (Wildman–Crippen MR) is 154 cm³/mol. The van der Waals surface area contributed by atoms with Gasteiger partial charge in [0.15, 0.2) is 0 Å². The molecule has 218 valence electrons. The summed E-state index contributed by atoms with van der Waals surface area (Å²) in [6.07, 6.45) is 2.38. The SMILES string of the molecule is C[C@@]12C(=O)N(c3ccccc3)C(=O)[C@@H]1C[C@@H]1C(=CC[C@@H]3C(=O)N(c4cccc(B(O)O)c4)C(=O)[C@@H]31)[C@@H]2c1ccc(CO)o1. The molecule has 3 fully saturated rings. The Balaban J connectivity index is 1.34. The molecule has 3 heterocycles. The molecule has 1 aromatic heterocycles. The van der Waals surface area contributed by atoms with E-state index in [0.717, 1.165) is 10.5 Å². The molecule has 0 spiro atoms. The molecule has 4 amide bonds. The Morgan fingerprint density at radius 2 is 1.63 bits per heavy atom. The Morgan fingerprint density at radius 1 is 0.884 bits per heavy atom. The monoisotopic (exact) mass is 580 g/mol. The molecule has 43 heavy (non-hydrogen) atoms. The normalized spacial score (nSPS) is 29.9. The molecule has 1 saturated carbocycles. The van der Waals surface area contributed by atoms with Gasteiger partial charge in [-0.2, -0.15) is 0 Å². The maximum absolute atomic E-state index is 14.3. The second-order valence-corrected chi connectivity index (χ2v) is 11.9. The van der Waals surface area contributed by atoms with Crippen molar-refractivity contribution in [2.75, 3.05) is 9.80 Å². The quantitative estimate of drug-likeness (QED) is 0.236. The molecule has 4 aliphatic rings. The highest BCUT2D eigenvalue weighted by molar-refractivity contribution is 6.58. The topological polar surface area (TPSA) is 149 Å². The number of para-hydroxylation sites is 1. The van der Waals surface area contributed by atoms with E-state index in [1.54, 1.807) is 61.5 Å². The molecule has 0 radical (unpaired) electrons. The molecule has 2 aromatic carbocycles. The predicted octanol–water partition coefficient (Wildman–Crippen LogP) is 1.89. The molecule has 2 aliphatic heterocycles. The molecular formula is C32H29BN2O8. The number of hydrogen-bond donors (Lipinski definition) is 3. The average molecular weight is 580 g/mol. The van der Waals surface area contributed by atoms with Crippen molar-refractivity contribution in [3.05, 3.63) is 89.9 Å². The lowest BCUT2D eigenvalue weighted by Gasteiger charge is -2.48. The first kappa shape index (κ1) is 27.5. The number of nitrogens with zero attached hydrogens (tertiary/aromatic N) is 2. The van der Waals surface area contributed by atoms with Crippen molar-refractivity contribution in [1.29, 1.82) is 0 Å². The number of imide groups is 2. The average Bonchev–Trinajstić information content (AvgIpc) is 3.64. The molecule has 0 bridgehead atoms. The summed E-state index contributed by atoms with van der Waals surface area (Å²) >= 11 is 0. The van der Waals surface area contributed by atoms with Gasteiger partial charge in [0.25, 0.3) is 0 Å². The van der Waals surface area contributed by atoms with Crippen molar-refractivity contribution in [2.24, 2.45) is 29.1 Å². The number of allylic oxidation sites excluding steroid dienone is 2. The van der Waals surface area contributed by atoms with Crippen molar-refractivity contribution in [3.8, 4) is 0 Å². The maximum Gasteiger partial charge on any atom is 0.488 e. The van der Waals surface area contributed by atoms with Crippen molar-refractivity contribution < 1.29 is 38.7 Å². The first-order chi connectivity index (χ1) is 20.7. The standard InChI is InChI=1S/C32H29BN2O8/c1-32-24(29(38)35(31(32)40)18-7-3-2-4-8-18)15-23-21(27(32)25-13-10-20(16-36)43-25)11-12-22-26(23)30(39)34(28(22)37)19-9-5-6-17(14-19)33(41)42/h2-11,13-14,22-24,26-27,36,41-42H,12,15-16H2,1H3/t22-,23+,24-,26-,27+,32+/m0/s1. The van der Waals surface area contributed by atoms with Gasteiger partial charge in [-0.3, -0.25) is 24.1 Å². The number of aliphatic hydroxyl groups is 1. The minimum absolute atomic E-state index is 0.147. The van der Waals surface area contributed by atoms with E-state index in [1.165, 1.54) is 17.0 Å². The number of amides is 4. The molecule has 2 saturated heterocycles. The number of fused-ring (bicyclic) bond motifs is 4. The van der Waals surface area contributed by atoms with Gasteiger partial charge in [-0.05, 0) is 67.5 Å². The van der Waals surface area contributed by atoms with Crippen molar-refractivity contribution >= 4 is 47.6 Å². The van der Waals surface area contributed by atoms with E-state index in [0.29, 0.717) is 17.2 Å². The third kappa shape index (κ3) is 3.85. The van der Waals surface area contributed by atoms with Crippen LogP contribution in [0, 0.1) is 29.1 Å². The highest BCUT2D eigenvalue weighted by Crippen LogP contribution is 2.63. The van der Waals surface area contributed by atoms with Gasteiger partial charge in [-0.15, -0.1) is 0 Å². The second kappa shape index (κ2) is 9.87. The number of hydrogen-bond acceptors (Lipinski definition) is 8. The van der Waals surface area contributed by atoms with Crippen molar-refractivity contribution in [3.63, 3.8) is 0 Å². The Morgan fingerprint density at radius 3 is 2.33 bits per heavy atom. The van der Waals surface area contributed by atoms with Crippen LogP contribution in [0.2, 0.25) is 0 Å². The molecule has 6 atom stereocenters. The molecule has 0 unspecified atom stereocenters. The number of rotatable bonds is 5. The van der Waals surface area contributed by atoms with E-state index in [9.17, 15) is 34.3 Å². The first-order valence-corrected chi connectivity index (χ1v) is 14.3. The van der Waals surface area contributed by atoms with Gasteiger partial charge in [-0.25, -0.2) is 4.90 Å². The maximum atomic E-state index is 14.3. The summed E-state index contributed by atoms with van der Waals surface area (Å²) < 4.78 is 6.02. The fourth-order valence-electron chi connectivity index (χ4n) is 7.85. The van der Waals surface area contributed by atoms with E-state index >= 15 is 0 Å². The van der Waals surface area contributed by atoms with Crippen molar-refractivity contribution in [1.82, 2.24) is 0 Å². The summed E-state index contributed by atoms with van der Waals surface area (Å²) in [4.78, 5) is 58.6. The molecular weight excluding hydrogens is 551 g/mol. The summed E-state index contributed by atoms with van der Waals surface area (Å²) in [5, 5.41) is 29.1. The van der Waals surface area contributed by atoms with Crippen LogP contribution in [-0.2, 0) is 25.8 Å². The highest BCUT2D eigenvalue weighted by Gasteiger charge is 2.68. The van der Waals surface area contributed by atoms with Crippen LogP contribution >= 0.6 is 0 Å². The Bertz CT molecular complexity index is 1700. The number of anilines is 2. The van der Waals surface area contributed by atoms with E-state index in [-0.39, 0.29) is 48.3 Å². The van der Waals surface area contributed by atoms with Crippen LogP contribution in [0.15, 0.2) is 82.8 Å². The Hall–Kier alpha value is -4.32. The van der Waals surface area contributed by atoms with Gasteiger partial charge in [-0.1, -0.05) is 42.0 Å². The Labute approximate surface area is 247 Å². The van der Waals surface area contributed by atoms with Gasteiger partial charge in [0, 0.05) is 0 Å². The van der Waals surface area contributed by atoms with Crippen LogP contribution < -0.4 is 15.3 Å². The van der Waals surface area contributed by atoms with Gasteiger partial charge in [0.05, 0.1) is 40.5 Å². The third-order valence-electron chi connectivity index (χ3n) is 9.84. The summed E-state index contributed by atoms with van der Waals surface area (Å²) in [5.74, 6) is -4.28. The molecule has 7 rings (SSSR count). The Kier molecular flexibility index (Phi) is 6.32. The van der Waals surface area contributed by atoms with Crippen LogP contribution in [0.3, 0.4) is 0 Å². The number of carbonyl (C=O) groups excluding carboxylic acids is 4. The van der Waals surface area contributed by atoms with E-state index < -0.39 is 48.0 Å². The van der Waals surface area contributed by atoms with Crippen LogP contribution in [0.4, 0.5) is 11.4 Å². The lowest BCUT2D eigenvalue weighted by atomic mass is 9.52. The van der Waals surface area contributed by atoms with Gasteiger partial charge >= 0.3 is 7.12 Å². The molecule has 10 nitrogen and oxygen atoms in total. The number of benzene rings is 2. The van der Waals surface area contributed by atoms with Crippen LogP contribution in [-0.4, -0.2) is 45.9 Å². The molecule has 11 heteroatoms. The second-order valence-electron chi connectivity index (χ2n) is 11.9. The fourth-order valence-corrected chi connectivity index (χ4v) is 7.85. The van der Waals surface area contributed by atoms with Crippen LogP contribution in [0.25, 0.3) is 0 Å². The summed E-state index contributed by atoms with van der Waals surface area (Å²) in [6, 6.07) is 18.1. The van der Waals surface area contributed by atoms with Gasteiger partial charge in [0.1, 0.15) is 18.1 Å². The molecule has 2 aliphatic carbocycles. The smallest absolute Gasteiger partial charge is 0.463 e. The summed E-state index contributed by atoms with van der Waals surface area (Å²) in [5.41, 5.74) is 0.395. The largest absolute Gasteiger partial charge is 0.488 e. The van der Waals surface area contributed by atoms with Crippen LogP contribution in [0.1, 0.15) is 37.2 Å². The minimum Gasteiger partial charge on any atom is -0.463 e. The zero-order valence-electron chi connectivity index (χ0n) is 23.3. The first-order valence-electron chi connectivity index (χ1n) is 14.3. The van der Waals surface area contributed by atoms with Gasteiger partial charge in [0.2, 0.25) is 23.6 Å². The number of aliphatic hydroxyl groups excluding tert-OH is 1. The highest BCUT2D eigenvalue weighted by atomic mass is 16.4. The zero-order chi connectivity index (χ0) is 30.2. The molecule has 3 aromatic rings. The lowest BCUT2D eigenvalue weighted by molar-refractivity contribution is -0.131. The van der Waals surface area contributed by atoms with Crippen molar-refractivity contribution in [2.45, 2.75) is 32.3 Å². The lowest BCUT2D eigenvalue weighted by Crippen LogP contribution is -2.48.